The third-order valence-corrected chi connectivity index (χ3v) is 8.02. The number of hydrogen-bond acceptors (Lipinski definition) is 2. The monoisotopic (exact) mass is 544 g/mol. The Kier molecular flexibility index (Phi) is 29.2. The van der Waals surface area contributed by atoms with Crippen LogP contribution < -0.4 is 0 Å². The van der Waals surface area contributed by atoms with Crippen molar-refractivity contribution in [2.45, 2.75) is 192 Å². The summed E-state index contributed by atoms with van der Waals surface area (Å²) in [5, 5.41) is 16.7. The maximum Gasteiger partial charge on any atom is 0.321 e. The number of carbonyl (C=O) groups is 2. The molecule has 1 unspecified atom stereocenters. The van der Waals surface area contributed by atoms with E-state index in [0.717, 1.165) is 25.7 Å². The van der Waals surface area contributed by atoms with Gasteiger partial charge in [-0.15, -0.1) is 11.6 Å². The van der Waals surface area contributed by atoms with Crippen LogP contribution in [0.5, 0.6) is 0 Å². The average Bonchev–Trinajstić information content (AvgIpc) is 2.87. The van der Waals surface area contributed by atoms with E-state index >= 15 is 0 Å². The molecule has 0 fully saturated rings. The molecule has 5 heteroatoms. The summed E-state index contributed by atoms with van der Waals surface area (Å²) in [6, 6.07) is 0. The molecular formula is C32H61ClO4. The molecule has 0 aromatic heterocycles. The third kappa shape index (κ3) is 31.3. The van der Waals surface area contributed by atoms with Crippen molar-refractivity contribution >= 4 is 23.5 Å². The number of hydrogen-bond donors (Lipinski definition) is 2. The quantitative estimate of drug-likeness (QED) is 0.0671. The number of alkyl halides is 1. The highest BCUT2D eigenvalue weighted by atomic mass is 35.5. The zero-order valence-corrected chi connectivity index (χ0v) is 24.9. The molecule has 0 aliphatic rings. The zero-order valence-electron chi connectivity index (χ0n) is 24.2. The lowest BCUT2D eigenvalue weighted by atomic mass is 10.0. The van der Waals surface area contributed by atoms with Crippen LogP contribution in [0.2, 0.25) is 0 Å². The summed E-state index contributed by atoms with van der Waals surface area (Å²) >= 11 is 5.72. The molecule has 0 amide bonds. The molecule has 0 radical (unpaired) electrons. The first-order chi connectivity index (χ1) is 18.0. The minimum absolute atomic E-state index is 0.335. The first-order valence-corrected chi connectivity index (χ1v) is 16.6. The average molecular weight is 545 g/mol. The van der Waals surface area contributed by atoms with E-state index in [4.69, 9.17) is 21.8 Å². The Hall–Kier alpha value is -0.770. The lowest BCUT2D eigenvalue weighted by Crippen LogP contribution is -2.12. The number of carboxylic acid groups (broad SMARTS) is 2. The fraction of sp³-hybridized carbons (Fsp3) is 0.938. The highest BCUT2D eigenvalue weighted by Crippen LogP contribution is 2.17. The molecular weight excluding hydrogens is 484 g/mol. The standard InChI is InChI=1S/C32H61ClO4/c33-30(32(36)37)28-26-24-22-20-18-16-14-12-10-8-6-4-2-1-3-5-7-9-11-13-15-17-19-21-23-25-27-29-31(34)35/h30H,1-29H2,(H,34,35)(H,36,37). The van der Waals surface area contributed by atoms with E-state index in [1.165, 1.54) is 148 Å². The van der Waals surface area contributed by atoms with Gasteiger partial charge in [0.25, 0.3) is 0 Å². The van der Waals surface area contributed by atoms with Gasteiger partial charge in [-0.25, -0.2) is 0 Å². The van der Waals surface area contributed by atoms with Crippen LogP contribution in [0.4, 0.5) is 0 Å². The number of carboxylic acids is 2. The van der Waals surface area contributed by atoms with Gasteiger partial charge in [0.1, 0.15) is 5.38 Å². The zero-order chi connectivity index (χ0) is 27.2. The van der Waals surface area contributed by atoms with Crippen molar-refractivity contribution in [1.82, 2.24) is 0 Å². The van der Waals surface area contributed by atoms with Crippen molar-refractivity contribution in [1.29, 1.82) is 0 Å². The SMILES string of the molecule is O=C(O)CCCCCCCCCCCCCCCCCCCCCCCCCCCCCC(Cl)C(=O)O. The molecule has 0 saturated heterocycles. The van der Waals surface area contributed by atoms with Crippen LogP contribution in [0.3, 0.4) is 0 Å². The lowest BCUT2D eigenvalue weighted by Gasteiger charge is -2.05. The molecule has 220 valence electrons. The summed E-state index contributed by atoms with van der Waals surface area (Å²) in [5.74, 6) is -1.55. The molecule has 2 N–H and O–H groups in total. The predicted octanol–water partition coefficient (Wildman–Crippen LogP) is 11.1. The van der Waals surface area contributed by atoms with Gasteiger partial charge in [-0.2, -0.15) is 0 Å². The molecule has 0 bridgehead atoms. The normalized spacial score (nSPS) is 12.1. The van der Waals surface area contributed by atoms with Gasteiger partial charge in [0.15, 0.2) is 0 Å². The fourth-order valence-electron chi connectivity index (χ4n) is 5.14. The summed E-state index contributed by atoms with van der Waals surface area (Å²) in [6.45, 7) is 0. The van der Waals surface area contributed by atoms with Gasteiger partial charge in [-0.3, -0.25) is 9.59 Å². The number of halogens is 1. The second-order valence-corrected chi connectivity index (χ2v) is 11.8. The Labute approximate surface area is 234 Å². The van der Waals surface area contributed by atoms with Gasteiger partial charge in [-0.1, -0.05) is 167 Å². The smallest absolute Gasteiger partial charge is 0.321 e. The minimum atomic E-state index is -0.887. The predicted molar refractivity (Wildman–Crippen MR) is 159 cm³/mol. The van der Waals surface area contributed by atoms with Crippen molar-refractivity contribution in [3.63, 3.8) is 0 Å². The van der Waals surface area contributed by atoms with Gasteiger partial charge < -0.3 is 10.2 Å². The lowest BCUT2D eigenvalue weighted by molar-refractivity contribution is -0.138. The molecule has 0 saturated carbocycles. The Morgan fingerprint density at radius 2 is 0.622 bits per heavy atom. The van der Waals surface area contributed by atoms with Gasteiger partial charge >= 0.3 is 11.9 Å². The molecule has 0 aromatic carbocycles. The van der Waals surface area contributed by atoms with Crippen molar-refractivity contribution in [2.24, 2.45) is 0 Å². The van der Waals surface area contributed by atoms with Crippen LogP contribution in [0, 0.1) is 0 Å². The van der Waals surface area contributed by atoms with E-state index in [9.17, 15) is 9.59 Å². The summed E-state index contributed by atoms with van der Waals surface area (Å²) in [6.07, 6.45) is 36.3. The number of rotatable bonds is 31. The molecule has 0 rings (SSSR count). The van der Waals surface area contributed by atoms with Crippen molar-refractivity contribution < 1.29 is 19.8 Å². The maximum absolute atomic E-state index is 10.7. The van der Waals surface area contributed by atoms with Gasteiger partial charge in [0.2, 0.25) is 0 Å². The van der Waals surface area contributed by atoms with E-state index in [1.807, 2.05) is 0 Å². The molecule has 0 aliphatic carbocycles. The highest BCUT2D eigenvalue weighted by Gasteiger charge is 2.11. The summed E-state index contributed by atoms with van der Waals surface area (Å²) in [7, 11) is 0. The molecule has 0 aromatic rings. The fourth-order valence-corrected chi connectivity index (χ4v) is 5.30. The Morgan fingerprint density at radius 3 is 0.838 bits per heavy atom. The first-order valence-electron chi connectivity index (χ1n) is 16.1. The van der Waals surface area contributed by atoms with E-state index in [0.29, 0.717) is 12.8 Å². The first kappa shape index (κ1) is 36.2. The van der Waals surface area contributed by atoms with E-state index in [1.54, 1.807) is 0 Å². The van der Waals surface area contributed by atoms with Gasteiger partial charge in [-0.05, 0) is 12.8 Å². The topological polar surface area (TPSA) is 74.6 Å². The van der Waals surface area contributed by atoms with E-state index in [2.05, 4.69) is 0 Å². The molecule has 0 spiro atoms. The van der Waals surface area contributed by atoms with Crippen LogP contribution in [0.15, 0.2) is 0 Å². The van der Waals surface area contributed by atoms with Crippen LogP contribution in [0.1, 0.15) is 186 Å². The Bertz CT molecular complexity index is 497. The summed E-state index contributed by atoms with van der Waals surface area (Å²) < 4.78 is 0. The summed E-state index contributed by atoms with van der Waals surface area (Å²) in [4.78, 5) is 21.1. The molecule has 1 atom stereocenters. The maximum atomic E-state index is 10.7. The van der Waals surface area contributed by atoms with Crippen LogP contribution >= 0.6 is 11.6 Å². The second-order valence-electron chi connectivity index (χ2n) is 11.3. The van der Waals surface area contributed by atoms with Gasteiger partial charge in [0, 0.05) is 6.42 Å². The van der Waals surface area contributed by atoms with E-state index < -0.39 is 17.3 Å². The number of unbranched alkanes of at least 4 members (excludes halogenated alkanes) is 26. The Balaban J connectivity index is 3.06. The molecule has 4 nitrogen and oxygen atoms in total. The van der Waals surface area contributed by atoms with Crippen molar-refractivity contribution in [2.75, 3.05) is 0 Å². The summed E-state index contributed by atoms with van der Waals surface area (Å²) in [5.41, 5.74) is 0. The molecule has 37 heavy (non-hydrogen) atoms. The van der Waals surface area contributed by atoms with Gasteiger partial charge in [0.05, 0.1) is 0 Å². The number of aliphatic carboxylic acids is 2. The Morgan fingerprint density at radius 1 is 0.405 bits per heavy atom. The minimum Gasteiger partial charge on any atom is -0.481 e. The van der Waals surface area contributed by atoms with Crippen LogP contribution in [-0.2, 0) is 9.59 Å². The highest BCUT2D eigenvalue weighted by molar-refractivity contribution is 6.29. The molecule has 0 aliphatic heterocycles. The largest absolute Gasteiger partial charge is 0.481 e. The van der Waals surface area contributed by atoms with E-state index in [-0.39, 0.29) is 0 Å². The van der Waals surface area contributed by atoms with Crippen LogP contribution in [0.25, 0.3) is 0 Å². The third-order valence-electron chi connectivity index (χ3n) is 7.62. The van der Waals surface area contributed by atoms with Crippen molar-refractivity contribution in [3.8, 4) is 0 Å². The van der Waals surface area contributed by atoms with Crippen molar-refractivity contribution in [3.05, 3.63) is 0 Å². The van der Waals surface area contributed by atoms with Crippen LogP contribution in [-0.4, -0.2) is 27.5 Å². The second kappa shape index (κ2) is 29.8. The molecule has 0 heterocycles.